The van der Waals surface area contributed by atoms with Crippen LogP contribution in [0.2, 0.25) is 0 Å². The second-order valence-electron chi connectivity index (χ2n) is 4.58. The molecule has 0 spiro atoms. The molecule has 1 aliphatic rings. The van der Waals surface area contributed by atoms with Crippen molar-refractivity contribution in [1.82, 2.24) is 19.7 Å². The molecule has 3 heterocycles. The smallest absolute Gasteiger partial charge is 0.252 e. The monoisotopic (exact) mass is 244 g/mol. The van der Waals surface area contributed by atoms with Crippen molar-refractivity contribution in [3.63, 3.8) is 0 Å². The van der Waals surface area contributed by atoms with Crippen LogP contribution >= 0.6 is 0 Å². The molecule has 1 atom stereocenters. The van der Waals surface area contributed by atoms with E-state index >= 15 is 0 Å². The van der Waals surface area contributed by atoms with Gasteiger partial charge in [-0.2, -0.15) is 10.1 Å². The second kappa shape index (κ2) is 4.29. The fourth-order valence-electron chi connectivity index (χ4n) is 2.39. The van der Waals surface area contributed by atoms with Crippen molar-refractivity contribution in [3.05, 3.63) is 24.7 Å². The molecule has 3 rings (SSSR count). The second-order valence-corrected chi connectivity index (χ2v) is 4.58. The van der Waals surface area contributed by atoms with Gasteiger partial charge in [-0.15, -0.1) is 0 Å². The third-order valence-corrected chi connectivity index (χ3v) is 3.36. The van der Waals surface area contributed by atoms with Crippen molar-refractivity contribution in [1.29, 1.82) is 0 Å². The lowest BCUT2D eigenvalue weighted by Gasteiger charge is -2.24. The summed E-state index contributed by atoms with van der Waals surface area (Å²) in [7, 11) is 0. The third kappa shape index (κ3) is 1.79. The zero-order chi connectivity index (χ0) is 12.5. The Morgan fingerprint density at radius 2 is 2.33 bits per heavy atom. The molecule has 0 radical (unpaired) electrons. The largest absolute Gasteiger partial charge is 0.382 e. The van der Waals surface area contributed by atoms with E-state index < -0.39 is 0 Å². The lowest BCUT2D eigenvalue weighted by molar-refractivity contribution is 0.730. The summed E-state index contributed by atoms with van der Waals surface area (Å²) >= 11 is 0. The van der Waals surface area contributed by atoms with E-state index in [0.29, 0.717) is 17.8 Å². The van der Waals surface area contributed by atoms with Crippen molar-refractivity contribution in [2.75, 3.05) is 17.2 Å². The normalized spacial score (nSPS) is 19.4. The number of nitrogen functional groups attached to an aromatic ring is 1. The predicted octanol–water partition coefficient (Wildman–Crippen LogP) is 1.23. The highest BCUT2D eigenvalue weighted by Crippen LogP contribution is 2.28. The van der Waals surface area contributed by atoms with Crippen LogP contribution in [0.1, 0.15) is 19.8 Å². The molecule has 6 heteroatoms. The summed E-state index contributed by atoms with van der Waals surface area (Å²) in [5, 5.41) is 4.09. The first-order valence-corrected chi connectivity index (χ1v) is 6.15. The molecule has 2 N–H and O–H groups in total. The maximum atomic E-state index is 6.04. The van der Waals surface area contributed by atoms with Gasteiger partial charge in [0.05, 0.1) is 11.9 Å². The van der Waals surface area contributed by atoms with E-state index in [-0.39, 0.29) is 0 Å². The number of nitrogens with two attached hydrogens (primary N) is 1. The summed E-state index contributed by atoms with van der Waals surface area (Å²) in [5.41, 5.74) is 6.96. The van der Waals surface area contributed by atoms with Gasteiger partial charge in [0.25, 0.3) is 5.95 Å². The molecule has 0 saturated carbocycles. The Kier molecular flexibility index (Phi) is 2.62. The minimum atomic E-state index is 0.506. The summed E-state index contributed by atoms with van der Waals surface area (Å²) in [4.78, 5) is 10.9. The first-order valence-electron chi connectivity index (χ1n) is 6.15. The minimum absolute atomic E-state index is 0.506. The van der Waals surface area contributed by atoms with Crippen molar-refractivity contribution in [2.45, 2.75) is 25.8 Å². The quantitative estimate of drug-likeness (QED) is 0.860. The van der Waals surface area contributed by atoms with Gasteiger partial charge in [0, 0.05) is 25.0 Å². The number of hydrogen-bond acceptors (Lipinski definition) is 5. The van der Waals surface area contributed by atoms with Gasteiger partial charge in [-0.05, 0) is 25.8 Å². The topological polar surface area (TPSA) is 72.9 Å². The molecule has 1 aliphatic heterocycles. The van der Waals surface area contributed by atoms with Crippen molar-refractivity contribution in [2.24, 2.45) is 0 Å². The molecule has 0 aliphatic carbocycles. The minimum Gasteiger partial charge on any atom is -0.382 e. The van der Waals surface area contributed by atoms with Crippen LogP contribution in [-0.4, -0.2) is 32.3 Å². The van der Waals surface area contributed by atoms with Gasteiger partial charge in [0.15, 0.2) is 5.82 Å². The zero-order valence-electron chi connectivity index (χ0n) is 10.3. The molecule has 1 saturated heterocycles. The summed E-state index contributed by atoms with van der Waals surface area (Å²) < 4.78 is 1.60. The maximum Gasteiger partial charge on any atom is 0.252 e. The summed E-state index contributed by atoms with van der Waals surface area (Å²) in [6.07, 6.45) is 7.67. The first-order chi connectivity index (χ1) is 8.75. The van der Waals surface area contributed by atoms with E-state index in [1.54, 1.807) is 23.3 Å². The highest BCUT2D eigenvalue weighted by Gasteiger charge is 2.23. The molecule has 1 fully saturated rings. The SMILES string of the molecule is C[C@@H]1CCCN1c1cnc(-n2cccn2)nc1N. The third-order valence-electron chi connectivity index (χ3n) is 3.36. The Balaban J connectivity index is 1.94. The maximum absolute atomic E-state index is 6.04. The summed E-state index contributed by atoms with van der Waals surface area (Å²) in [5.74, 6) is 1.03. The van der Waals surface area contributed by atoms with Gasteiger partial charge in [0.1, 0.15) is 0 Å². The van der Waals surface area contributed by atoms with Gasteiger partial charge in [-0.3, -0.25) is 0 Å². The van der Waals surface area contributed by atoms with Crippen LogP contribution in [0.15, 0.2) is 24.7 Å². The van der Waals surface area contributed by atoms with Crippen LogP contribution in [0.5, 0.6) is 0 Å². The fraction of sp³-hybridized carbons (Fsp3) is 0.417. The molecule has 0 unspecified atom stereocenters. The van der Waals surface area contributed by atoms with E-state index in [2.05, 4.69) is 26.9 Å². The van der Waals surface area contributed by atoms with Crippen molar-refractivity contribution in [3.8, 4) is 5.95 Å². The molecule has 6 nitrogen and oxygen atoms in total. The Hall–Kier alpha value is -2.11. The molecular weight excluding hydrogens is 228 g/mol. The standard InChI is InChI=1S/C12H16N6/c1-9-4-2-6-17(9)10-8-14-12(16-11(10)13)18-7-3-5-15-18/h3,5,7-9H,2,4,6H2,1H3,(H2,13,14,16)/t9-/m1/s1. The highest BCUT2D eigenvalue weighted by atomic mass is 15.3. The van der Waals surface area contributed by atoms with E-state index in [1.807, 2.05) is 6.07 Å². The van der Waals surface area contributed by atoms with Crippen LogP contribution in [0, 0.1) is 0 Å². The van der Waals surface area contributed by atoms with Gasteiger partial charge >= 0.3 is 0 Å². The van der Waals surface area contributed by atoms with E-state index in [9.17, 15) is 0 Å². The van der Waals surface area contributed by atoms with Crippen LogP contribution < -0.4 is 10.6 Å². The Morgan fingerprint density at radius 1 is 1.44 bits per heavy atom. The van der Waals surface area contributed by atoms with Crippen LogP contribution in [0.4, 0.5) is 11.5 Å². The highest BCUT2D eigenvalue weighted by molar-refractivity contribution is 5.63. The number of hydrogen-bond donors (Lipinski definition) is 1. The van der Waals surface area contributed by atoms with Crippen LogP contribution in [0.3, 0.4) is 0 Å². The van der Waals surface area contributed by atoms with E-state index in [1.165, 1.54) is 12.8 Å². The van der Waals surface area contributed by atoms with Crippen LogP contribution in [-0.2, 0) is 0 Å². The fourth-order valence-corrected chi connectivity index (χ4v) is 2.39. The molecule has 0 amide bonds. The summed E-state index contributed by atoms with van der Waals surface area (Å²) in [6, 6.07) is 2.34. The van der Waals surface area contributed by atoms with Gasteiger partial charge in [-0.25, -0.2) is 9.67 Å². The number of aromatic nitrogens is 4. The molecule has 2 aromatic heterocycles. The van der Waals surface area contributed by atoms with Crippen molar-refractivity contribution < 1.29 is 0 Å². The van der Waals surface area contributed by atoms with E-state index in [0.717, 1.165) is 12.2 Å². The lowest BCUT2D eigenvalue weighted by Crippen LogP contribution is -2.27. The Labute approximate surface area is 105 Å². The van der Waals surface area contributed by atoms with Gasteiger partial charge in [0.2, 0.25) is 0 Å². The summed E-state index contributed by atoms with van der Waals surface area (Å²) in [6.45, 7) is 3.23. The first kappa shape index (κ1) is 11.0. The molecule has 94 valence electrons. The molecule has 0 bridgehead atoms. The van der Waals surface area contributed by atoms with Gasteiger partial charge < -0.3 is 10.6 Å². The molecule has 18 heavy (non-hydrogen) atoms. The van der Waals surface area contributed by atoms with Crippen molar-refractivity contribution >= 4 is 11.5 Å². The van der Waals surface area contributed by atoms with Crippen LogP contribution in [0.25, 0.3) is 5.95 Å². The molecule has 0 aromatic carbocycles. The van der Waals surface area contributed by atoms with E-state index in [4.69, 9.17) is 5.73 Å². The number of anilines is 2. The molecule has 2 aromatic rings. The lowest BCUT2D eigenvalue weighted by atomic mass is 10.2. The Bertz CT molecular complexity index is 536. The average Bonchev–Trinajstić information content (AvgIpc) is 3.00. The predicted molar refractivity (Wildman–Crippen MR) is 69.6 cm³/mol. The molecular formula is C12H16N6. The average molecular weight is 244 g/mol. The van der Waals surface area contributed by atoms with Gasteiger partial charge in [-0.1, -0.05) is 0 Å². The number of rotatable bonds is 2. The number of nitrogens with zero attached hydrogens (tertiary/aromatic N) is 5. The Morgan fingerprint density at radius 3 is 2.94 bits per heavy atom. The zero-order valence-corrected chi connectivity index (χ0v) is 10.3.